The lowest BCUT2D eigenvalue weighted by Gasteiger charge is -2.17. The number of carbonyl (C=O) groups is 1. The van der Waals surface area contributed by atoms with E-state index in [0.717, 1.165) is 5.56 Å². The highest BCUT2D eigenvalue weighted by molar-refractivity contribution is 5.75. The standard InChI is InChI=1S/C15H24NO4.ClHO4/c1-15(2,3)14(17)20-11-13-6-5-7-16(10-13)12-19-9-8-18-4;2-1(3,4)5/h5-7,10H,8-9,11-12H2,1-4H3;(H,2,3,4,5)/q+1;/p-1. The van der Waals surface area contributed by atoms with E-state index in [0.29, 0.717) is 19.9 Å². The molecule has 0 fully saturated rings. The zero-order chi connectivity index (χ0) is 19.5. The van der Waals surface area contributed by atoms with Crippen molar-refractivity contribution in [3.05, 3.63) is 30.1 Å². The first-order chi connectivity index (χ1) is 11.4. The van der Waals surface area contributed by atoms with Crippen molar-refractivity contribution in [3.8, 4) is 0 Å². The molecule has 144 valence electrons. The Morgan fingerprint density at radius 2 is 1.80 bits per heavy atom. The van der Waals surface area contributed by atoms with Gasteiger partial charge in [-0.1, -0.05) is 0 Å². The average Bonchev–Trinajstić information content (AvgIpc) is 2.47. The number of carbonyl (C=O) groups excluding carboxylic acids is 1. The number of methoxy groups -OCH3 is 1. The van der Waals surface area contributed by atoms with Gasteiger partial charge in [-0.05, 0) is 26.8 Å². The molecule has 0 N–H and O–H groups in total. The van der Waals surface area contributed by atoms with Crippen molar-refractivity contribution in [1.29, 1.82) is 0 Å². The molecule has 0 saturated heterocycles. The summed E-state index contributed by atoms with van der Waals surface area (Å²) in [5.74, 6) is -0.204. The largest absolute Gasteiger partial charge is 0.460 e. The van der Waals surface area contributed by atoms with Crippen LogP contribution in [0.1, 0.15) is 26.3 Å². The molecule has 10 heteroatoms. The van der Waals surface area contributed by atoms with E-state index in [1.165, 1.54) is 0 Å². The number of nitrogens with zero attached hydrogens (tertiary/aromatic N) is 1. The zero-order valence-electron chi connectivity index (χ0n) is 14.7. The van der Waals surface area contributed by atoms with Crippen molar-refractivity contribution in [3.63, 3.8) is 0 Å². The predicted octanol–water partition coefficient (Wildman–Crippen LogP) is -3.07. The predicted molar refractivity (Wildman–Crippen MR) is 73.7 cm³/mol. The van der Waals surface area contributed by atoms with Crippen LogP contribution in [0.25, 0.3) is 0 Å². The van der Waals surface area contributed by atoms with Crippen LogP contribution in [0.5, 0.6) is 0 Å². The Bertz CT molecular complexity index is 507. The summed E-state index contributed by atoms with van der Waals surface area (Å²) in [5, 5.41) is 0. The molecule has 1 heterocycles. The summed E-state index contributed by atoms with van der Waals surface area (Å²) in [6.45, 7) is 7.36. The van der Waals surface area contributed by atoms with Gasteiger partial charge in [-0.25, -0.2) is 18.6 Å². The Balaban J connectivity index is 0.00000101. The van der Waals surface area contributed by atoms with E-state index in [4.69, 9.17) is 32.8 Å². The minimum absolute atomic E-state index is 0.204. The summed E-state index contributed by atoms with van der Waals surface area (Å²) < 4.78 is 51.5. The van der Waals surface area contributed by atoms with Crippen molar-refractivity contribution in [2.24, 2.45) is 5.41 Å². The third-order valence-electron chi connectivity index (χ3n) is 2.57. The maximum atomic E-state index is 11.7. The van der Waals surface area contributed by atoms with Gasteiger partial charge in [0.05, 0.1) is 24.2 Å². The summed E-state index contributed by atoms with van der Waals surface area (Å²) in [6.07, 6.45) is 3.81. The fourth-order valence-electron chi connectivity index (χ4n) is 1.42. The third kappa shape index (κ3) is 14.7. The van der Waals surface area contributed by atoms with Crippen LogP contribution in [0.15, 0.2) is 24.5 Å². The molecular formula is C15H24ClNO8. The lowest BCUT2D eigenvalue weighted by molar-refractivity contribution is -2.00. The second-order valence-electron chi connectivity index (χ2n) is 5.96. The number of hydrogen-bond donors (Lipinski definition) is 0. The quantitative estimate of drug-likeness (QED) is 0.275. The normalized spacial score (nSPS) is 11.5. The van der Waals surface area contributed by atoms with E-state index in [-0.39, 0.29) is 12.6 Å². The molecule has 0 aliphatic heterocycles. The van der Waals surface area contributed by atoms with Crippen molar-refractivity contribution < 1.29 is 52.5 Å². The minimum Gasteiger partial charge on any atom is -0.460 e. The second kappa shape index (κ2) is 11.3. The molecule has 1 aromatic heterocycles. The molecule has 0 spiro atoms. The van der Waals surface area contributed by atoms with E-state index in [9.17, 15) is 4.79 Å². The summed E-state index contributed by atoms with van der Waals surface area (Å²) in [7, 11) is -3.30. The van der Waals surface area contributed by atoms with Crippen molar-refractivity contribution in [2.45, 2.75) is 34.1 Å². The number of hydrogen-bond acceptors (Lipinski definition) is 8. The first-order valence-electron chi connectivity index (χ1n) is 7.27. The number of halogens is 1. The maximum absolute atomic E-state index is 11.7. The molecule has 0 bridgehead atoms. The molecule has 0 amide bonds. The lowest BCUT2D eigenvalue weighted by Crippen LogP contribution is -2.68. The van der Waals surface area contributed by atoms with Gasteiger partial charge in [0.2, 0.25) is 0 Å². The molecular weight excluding hydrogens is 358 g/mol. The third-order valence-corrected chi connectivity index (χ3v) is 2.57. The highest BCUT2D eigenvalue weighted by atomic mass is 35.7. The Labute approximate surface area is 149 Å². The smallest absolute Gasteiger partial charge is 0.311 e. The highest BCUT2D eigenvalue weighted by Crippen LogP contribution is 2.16. The number of pyridine rings is 1. The van der Waals surface area contributed by atoms with Crippen molar-refractivity contribution in [2.75, 3.05) is 20.3 Å². The number of ether oxygens (including phenoxy) is 3. The van der Waals surface area contributed by atoms with Gasteiger partial charge in [0.15, 0.2) is 12.4 Å². The van der Waals surface area contributed by atoms with Crippen LogP contribution in [-0.2, 0) is 32.3 Å². The monoisotopic (exact) mass is 381 g/mol. The van der Waals surface area contributed by atoms with Gasteiger partial charge < -0.3 is 14.2 Å². The summed E-state index contributed by atoms with van der Waals surface area (Å²) in [4.78, 5) is 11.7. The van der Waals surface area contributed by atoms with Gasteiger partial charge in [0.1, 0.15) is 6.61 Å². The van der Waals surface area contributed by atoms with Gasteiger partial charge in [0.25, 0.3) is 6.73 Å². The molecule has 0 aromatic carbocycles. The van der Waals surface area contributed by atoms with Crippen LogP contribution in [0.3, 0.4) is 0 Å². The second-order valence-corrected chi connectivity index (χ2v) is 6.72. The maximum Gasteiger partial charge on any atom is 0.311 e. The molecule has 0 atom stereocenters. The Hall–Kier alpha value is -1.33. The summed E-state index contributed by atoms with van der Waals surface area (Å²) in [6, 6.07) is 3.82. The molecule has 9 nitrogen and oxygen atoms in total. The molecule has 0 radical (unpaired) electrons. The number of rotatable bonds is 7. The van der Waals surface area contributed by atoms with Gasteiger partial charge >= 0.3 is 5.97 Å². The van der Waals surface area contributed by atoms with Crippen LogP contribution in [0, 0.1) is 15.7 Å². The van der Waals surface area contributed by atoms with Crippen LogP contribution in [0.4, 0.5) is 0 Å². The molecule has 0 aliphatic rings. The molecule has 0 unspecified atom stereocenters. The first-order valence-corrected chi connectivity index (χ1v) is 8.50. The van der Waals surface area contributed by atoms with Gasteiger partial charge in [-0.15, -0.1) is 10.2 Å². The van der Waals surface area contributed by atoms with E-state index in [1.807, 2.05) is 49.9 Å². The van der Waals surface area contributed by atoms with Crippen LogP contribution >= 0.6 is 0 Å². The van der Waals surface area contributed by atoms with Gasteiger partial charge in [-0.2, -0.15) is 4.57 Å². The molecule has 1 rings (SSSR count). The minimum atomic E-state index is -4.94. The molecule has 0 saturated carbocycles. The SMILES string of the molecule is COCCOC[n+]1cccc(COC(=O)C(C)(C)C)c1.[O-][Cl+3]([O-])([O-])[O-]. The van der Waals surface area contributed by atoms with Gasteiger partial charge in [-0.3, -0.25) is 4.79 Å². The number of esters is 1. The zero-order valence-corrected chi connectivity index (χ0v) is 15.5. The van der Waals surface area contributed by atoms with E-state index < -0.39 is 15.7 Å². The van der Waals surface area contributed by atoms with Crippen LogP contribution in [0.2, 0.25) is 0 Å². The lowest BCUT2D eigenvalue weighted by atomic mass is 9.97. The van der Waals surface area contributed by atoms with E-state index in [2.05, 4.69) is 0 Å². The topological polar surface area (TPSA) is 141 Å². The first kappa shape index (κ1) is 23.7. The Morgan fingerprint density at radius 1 is 1.20 bits per heavy atom. The Kier molecular flexibility index (Phi) is 10.7. The van der Waals surface area contributed by atoms with E-state index in [1.54, 1.807) is 7.11 Å². The fraction of sp³-hybridized carbons (Fsp3) is 0.600. The fourth-order valence-corrected chi connectivity index (χ4v) is 1.42. The van der Waals surface area contributed by atoms with Gasteiger partial charge in [0, 0.05) is 13.2 Å². The Morgan fingerprint density at radius 3 is 2.32 bits per heavy atom. The van der Waals surface area contributed by atoms with Crippen LogP contribution in [-0.4, -0.2) is 26.3 Å². The molecule has 1 aromatic rings. The highest BCUT2D eigenvalue weighted by Gasteiger charge is 2.23. The van der Waals surface area contributed by atoms with E-state index >= 15 is 0 Å². The number of aromatic nitrogens is 1. The van der Waals surface area contributed by atoms with Crippen LogP contribution < -0.4 is 23.2 Å². The summed E-state index contributed by atoms with van der Waals surface area (Å²) in [5.41, 5.74) is 0.453. The molecule has 25 heavy (non-hydrogen) atoms. The molecule has 0 aliphatic carbocycles. The van der Waals surface area contributed by atoms with Crippen molar-refractivity contribution >= 4 is 5.97 Å². The van der Waals surface area contributed by atoms with Crippen molar-refractivity contribution in [1.82, 2.24) is 0 Å². The average molecular weight is 382 g/mol. The summed E-state index contributed by atoms with van der Waals surface area (Å²) >= 11 is 0.